The Bertz CT molecular complexity index is 237. The Hall–Kier alpha value is -0.850. The molecule has 0 radical (unpaired) electrons. The minimum atomic E-state index is 0.397. The van der Waals surface area contributed by atoms with Crippen molar-refractivity contribution < 1.29 is 4.79 Å². The van der Waals surface area contributed by atoms with Crippen LogP contribution in [0.1, 0.15) is 52.4 Å². The third-order valence-corrected chi connectivity index (χ3v) is 3.02. The average Bonchev–Trinajstić information content (AvgIpc) is 2.21. The Morgan fingerprint density at radius 1 is 0.938 bits per heavy atom. The predicted molar refractivity (Wildman–Crippen MR) is 69.3 cm³/mol. The number of ketones is 1. The Labute approximate surface area is 99.6 Å². The van der Waals surface area contributed by atoms with E-state index >= 15 is 0 Å². The van der Waals surface area contributed by atoms with Crippen LogP contribution in [0.25, 0.3) is 0 Å². The van der Waals surface area contributed by atoms with Crippen molar-refractivity contribution >= 4 is 5.78 Å². The van der Waals surface area contributed by atoms with E-state index < -0.39 is 0 Å². The van der Waals surface area contributed by atoms with Crippen LogP contribution in [-0.4, -0.2) is 5.78 Å². The SMILES string of the molecule is CC1/C=C/CCCC/C=C/C(C)CC(=O)C1. The molecule has 90 valence electrons. The van der Waals surface area contributed by atoms with Gasteiger partial charge in [-0.15, -0.1) is 0 Å². The number of Topliss-reactive ketones (excluding diaryl/α,β-unsaturated/α-hetero) is 1. The molecule has 2 atom stereocenters. The third-order valence-electron chi connectivity index (χ3n) is 3.02. The van der Waals surface area contributed by atoms with E-state index in [4.69, 9.17) is 0 Å². The first kappa shape index (κ1) is 13.2. The highest BCUT2D eigenvalue weighted by Crippen LogP contribution is 2.14. The lowest BCUT2D eigenvalue weighted by atomic mass is 9.97. The smallest absolute Gasteiger partial charge is 0.134 e. The maximum atomic E-state index is 11.7. The van der Waals surface area contributed by atoms with Gasteiger partial charge >= 0.3 is 0 Å². The number of hydrogen-bond donors (Lipinski definition) is 0. The third kappa shape index (κ3) is 5.89. The number of carbonyl (C=O) groups is 1. The van der Waals surface area contributed by atoms with Crippen molar-refractivity contribution in [2.24, 2.45) is 11.8 Å². The van der Waals surface area contributed by atoms with E-state index in [1.54, 1.807) is 0 Å². The lowest BCUT2D eigenvalue weighted by Crippen LogP contribution is -2.07. The lowest BCUT2D eigenvalue weighted by Gasteiger charge is -2.08. The van der Waals surface area contributed by atoms with Crippen LogP contribution < -0.4 is 0 Å². The second kappa shape index (κ2) is 7.43. The number of allylic oxidation sites excluding steroid dienone is 4. The normalized spacial score (nSPS) is 33.2. The second-order valence-electron chi connectivity index (χ2n) is 5.04. The van der Waals surface area contributed by atoms with Crippen LogP contribution in [0.2, 0.25) is 0 Å². The van der Waals surface area contributed by atoms with E-state index in [0.717, 1.165) is 12.8 Å². The van der Waals surface area contributed by atoms with Gasteiger partial charge in [0, 0.05) is 12.8 Å². The molecule has 1 aliphatic rings. The highest BCUT2D eigenvalue weighted by Gasteiger charge is 2.09. The zero-order valence-corrected chi connectivity index (χ0v) is 10.6. The van der Waals surface area contributed by atoms with Gasteiger partial charge in [0.1, 0.15) is 5.78 Å². The van der Waals surface area contributed by atoms with Gasteiger partial charge in [0.05, 0.1) is 0 Å². The van der Waals surface area contributed by atoms with E-state index in [1.807, 2.05) is 0 Å². The van der Waals surface area contributed by atoms with Crippen molar-refractivity contribution in [3.63, 3.8) is 0 Å². The van der Waals surface area contributed by atoms with Crippen molar-refractivity contribution in [3.8, 4) is 0 Å². The summed E-state index contributed by atoms with van der Waals surface area (Å²) in [4.78, 5) is 11.7. The summed E-state index contributed by atoms with van der Waals surface area (Å²) in [5.74, 6) is 1.21. The molecule has 16 heavy (non-hydrogen) atoms. The van der Waals surface area contributed by atoms with Crippen molar-refractivity contribution in [1.82, 2.24) is 0 Å². The maximum Gasteiger partial charge on any atom is 0.134 e. The Morgan fingerprint density at radius 3 is 1.81 bits per heavy atom. The van der Waals surface area contributed by atoms with Crippen LogP contribution in [0.4, 0.5) is 0 Å². The van der Waals surface area contributed by atoms with Gasteiger partial charge in [-0.2, -0.15) is 0 Å². The number of hydrogen-bond acceptors (Lipinski definition) is 1. The van der Waals surface area contributed by atoms with E-state index in [0.29, 0.717) is 30.5 Å². The fraction of sp³-hybridized carbons (Fsp3) is 0.667. The molecular formula is C15H24O. The monoisotopic (exact) mass is 220 g/mol. The van der Waals surface area contributed by atoms with Gasteiger partial charge in [0.15, 0.2) is 0 Å². The van der Waals surface area contributed by atoms with Gasteiger partial charge in [-0.25, -0.2) is 0 Å². The quantitative estimate of drug-likeness (QED) is 0.556. The minimum Gasteiger partial charge on any atom is -0.300 e. The largest absolute Gasteiger partial charge is 0.300 e. The van der Waals surface area contributed by atoms with Crippen LogP contribution in [0, 0.1) is 11.8 Å². The van der Waals surface area contributed by atoms with Crippen LogP contribution in [0.3, 0.4) is 0 Å². The second-order valence-corrected chi connectivity index (χ2v) is 5.04. The van der Waals surface area contributed by atoms with Gasteiger partial charge in [0.2, 0.25) is 0 Å². The first-order valence-electron chi connectivity index (χ1n) is 6.53. The summed E-state index contributed by atoms with van der Waals surface area (Å²) in [6.45, 7) is 4.27. The number of rotatable bonds is 0. The molecule has 0 aromatic rings. The Morgan fingerprint density at radius 2 is 1.38 bits per heavy atom. The standard InChI is InChI=1S/C15H24O/c1-13-9-7-5-3-4-6-8-10-14(2)12-15(16)11-13/h7-10,13-14H,3-6,11-12H2,1-2H3/b9-7+,10-8+. The summed E-state index contributed by atoms with van der Waals surface area (Å²) in [6.07, 6.45) is 15.1. The summed E-state index contributed by atoms with van der Waals surface area (Å²) in [5.41, 5.74) is 0. The molecule has 0 spiro atoms. The summed E-state index contributed by atoms with van der Waals surface area (Å²) >= 11 is 0. The molecule has 0 aliphatic heterocycles. The zero-order valence-electron chi connectivity index (χ0n) is 10.6. The molecule has 1 heteroatoms. The lowest BCUT2D eigenvalue weighted by molar-refractivity contribution is -0.120. The molecule has 0 amide bonds. The Kier molecular flexibility index (Phi) is 6.14. The average molecular weight is 220 g/mol. The molecule has 0 N–H and O–H groups in total. The van der Waals surface area contributed by atoms with Crippen LogP contribution in [0.5, 0.6) is 0 Å². The predicted octanol–water partition coefficient (Wildman–Crippen LogP) is 4.29. The fourth-order valence-corrected chi connectivity index (χ4v) is 2.12. The summed E-state index contributed by atoms with van der Waals surface area (Å²) in [5, 5.41) is 0. The highest BCUT2D eigenvalue weighted by molar-refractivity contribution is 5.79. The highest BCUT2D eigenvalue weighted by atomic mass is 16.1. The van der Waals surface area contributed by atoms with Crippen molar-refractivity contribution in [2.75, 3.05) is 0 Å². The first-order valence-corrected chi connectivity index (χ1v) is 6.53. The molecule has 1 nitrogen and oxygen atoms in total. The van der Waals surface area contributed by atoms with Crippen LogP contribution in [-0.2, 0) is 4.79 Å². The molecule has 0 aromatic heterocycles. The summed E-state index contributed by atoms with van der Waals surface area (Å²) in [6, 6.07) is 0. The molecule has 1 rings (SSSR count). The molecule has 0 saturated heterocycles. The van der Waals surface area contributed by atoms with E-state index in [2.05, 4.69) is 38.2 Å². The van der Waals surface area contributed by atoms with Gasteiger partial charge in [-0.3, -0.25) is 4.79 Å². The van der Waals surface area contributed by atoms with Gasteiger partial charge in [0.25, 0.3) is 0 Å². The van der Waals surface area contributed by atoms with Crippen molar-refractivity contribution in [1.29, 1.82) is 0 Å². The molecule has 2 unspecified atom stereocenters. The van der Waals surface area contributed by atoms with Crippen LogP contribution >= 0.6 is 0 Å². The number of carbonyl (C=O) groups excluding carboxylic acids is 1. The van der Waals surface area contributed by atoms with E-state index in [-0.39, 0.29) is 0 Å². The maximum absolute atomic E-state index is 11.7. The van der Waals surface area contributed by atoms with Gasteiger partial charge in [-0.1, -0.05) is 38.2 Å². The Balaban J connectivity index is 2.54. The van der Waals surface area contributed by atoms with Gasteiger partial charge < -0.3 is 0 Å². The molecule has 0 saturated carbocycles. The minimum absolute atomic E-state index is 0.397. The van der Waals surface area contributed by atoms with Crippen molar-refractivity contribution in [3.05, 3.63) is 24.3 Å². The topological polar surface area (TPSA) is 17.1 Å². The molecule has 1 aliphatic carbocycles. The van der Waals surface area contributed by atoms with Crippen LogP contribution in [0.15, 0.2) is 24.3 Å². The fourth-order valence-electron chi connectivity index (χ4n) is 2.12. The molecular weight excluding hydrogens is 196 g/mol. The zero-order chi connectivity index (χ0) is 11.8. The molecule has 0 aromatic carbocycles. The molecule has 0 bridgehead atoms. The van der Waals surface area contributed by atoms with Gasteiger partial charge in [-0.05, 0) is 37.5 Å². The summed E-state index contributed by atoms with van der Waals surface area (Å²) < 4.78 is 0. The summed E-state index contributed by atoms with van der Waals surface area (Å²) in [7, 11) is 0. The van der Waals surface area contributed by atoms with E-state index in [9.17, 15) is 4.79 Å². The van der Waals surface area contributed by atoms with Crippen molar-refractivity contribution in [2.45, 2.75) is 52.4 Å². The van der Waals surface area contributed by atoms with E-state index in [1.165, 1.54) is 12.8 Å². The molecule has 0 heterocycles. The first-order chi connectivity index (χ1) is 7.68. The molecule has 0 fully saturated rings.